The molecule has 72 valence electrons. The molecule has 0 aliphatic heterocycles. The van der Waals surface area contributed by atoms with E-state index < -0.39 is 0 Å². The molecule has 2 heteroatoms. The Morgan fingerprint density at radius 1 is 1.14 bits per heavy atom. The molecular weight excluding hydrogens is 240 g/mol. The average molecular weight is 251 g/mol. The Labute approximate surface area is 91.8 Å². The van der Waals surface area contributed by atoms with Crippen LogP contribution in [0.4, 0.5) is 0 Å². The van der Waals surface area contributed by atoms with Gasteiger partial charge >= 0.3 is 0 Å². The molecule has 0 aromatic heterocycles. The zero-order valence-electron chi connectivity index (χ0n) is 8.17. The van der Waals surface area contributed by atoms with Gasteiger partial charge in [-0.1, -0.05) is 34.1 Å². The number of benzene rings is 2. The minimum absolute atomic E-state index is 0.932. The number of fused-ring (bicyclic) bond motifs is 1. The van der Waals surface area contributed by atoms with E-state index in [4.69, 9.17) is 4.74 Å². The molecule has 0 aliphatic carbocycles. The van der Waals surface area contributed by atoms with Crippen molar-refractivity contribution in [3.8, 4) is 5.75 Å². The number of hydrogen-bond donors (Lipinski definition) is 0. The van der Waals surface area contributed by atoms with E-state index in [2.05, 4.69) is 41.1 Å². The fourth-order valence-corrected chi connectivity index (χ4v) is 2.00. The SMILES string of the molecule is COc1cccc2ccc(Br)c(C)c12. The summed E-state index contributed by atoms with van der Waals surface area (Å²) in [5, 5.41) is 2.40. The normalized spacial score (nSPS) is 10.5. The largest absolute Gasteiger partial charge is 0.496 e. The van der Waals surface area contributed by atoms with Crippen molar-refractivity contribution in [2.75, 3.05) is 7.11 Å². The predicted molar refractivity (Wildman–Crippen MR) is 62.9 cm³/mol. The zero-order chi connectivity index (χ0) is 10.1. The van der Waals surface area contributed by atoms with E-state index in [0.29, 0.717) is 0 Å². The molecule has 2 rings (SSSR count). The highest BCUT2D eigenvalue weighted by atomic mass is 79.9. The van der Waals surface area contributed by atoms with E-state index in [1.165, 1.54) is 16.3 Å². The van der Waals surface area contributed by atoms with Gasteiger partial charge in [-0.2, -0.15) is 0 Å². The lowest BCUT2D eigenvalue weighted by Crippen LogP contribution is -1.87. The first-order chi connectivity index (χ1) is 6.74. The van der Waals surface area contributed by atoms with E-state index in [1.54, 1.807) is 7.11 Å². The summed E-state index contributed by atoms with van der Waals surface area (Å²) in [6.45, 7) is 2.09. The maximum Gasteiger partial charge on any atom is 0.126 e. The summed E-state index contributed by atoms with van der Waals surface area (Å²) < 4.78 is 6.46. The molecule has 0 saturated heterocycles. The molecule has 1 nitrogen and oxygen atoms in total. The average Bonchev–Trinajstić information content (AvgIpc) is 2.23. The van der Waals surface area contributed by atoms with Gasteiger partial charge in [0.2, 0.25) is 0 Å². The van der Waals surface area contributed by atoms with Crippen LogP contribution in [0.3, 0.4) is 0 Å². The third-order valence-corrected chi connectivity index (χ3v) is 3.28. The maximum absolute atomic E-state index is 5.34. The molecule has 0 radical (unpaired) electrons. The highest BCUT2D eigenvalue weighted by molar-refractivity contribution is 9.10. The minimum Gasteiger partial charge on any atom is -0.496 e. The van der Waals surface area contributed by atoms with E-state index in [0.717, 1.165) is 10.2 Å². The molecule has 0 saturated carbocycles. The van der Waals surface area contributed by atoms with Crippen LogP contribution in [0.5, 0.6) is 5.75 Å². The summed E-state index contributed by atoms with van der Waals surface area (Å²) in [6, 6.07) is 10.2. The van der Waals surface area contributed by atoms with Gasteiger partial charge in [0.25, 0.3) is 0 Å². The van der Waals surface area contributed by atoms with E-state index in [9.17, 15) is 0 Å². The van der Waals surface area contributed by atoms with Gasteiger partial charge in [-0.25, -0.2) is 0 Å². The molecule has 2 aromatic rings. The Morgan fingerprint density at radius 3 is 2.64 bits per heavy atom. The fourth-order valence-electron chi connectivity index (χ4n) is 1.67. The second kappa shape index (κ2) is 3.62. The van der Waals surface area contributed by atoms with Crippen LogP contribution in [0.1, 0.15) is 5.56 Å². The maximum atomic E-state index is 5.34. The number of aryl methyl sites for hydroxylation is 1. The molecule has 0 spiro atoms. The Morgan fingerprint density at radius 2 is 1.93 bits per heavy atom. The summed E-state index contributed by atoms with van der Waals surface area (Å²) >= 11 is 3.52. The van der Waals surface area contributed by atoms with Gasteiger partial charge < -0.3 is 4.74 Å². The van der Waals surface area contributed by atoms with Gasteiger partial charge in [0, 0.05) is 9.86 Å². The predicted octanol–water partition coefficient (Wildman–Crippen LogP) is 3.92. The first-order valence-corrected chi connectivity index (χ1v) is 5.25. The number of hydrogen-bond acceptors (Lipinski definition) is 1. The monoisotopic (exact) mass is 250 g/mol. The Kier molecular flexibility index (Phi) is 2.46. The molecule has 0 atom stereocenters. The highest BCUT2D eigenvalue weighted by Crippen LogP contribution is 2.32. The van der Waals surface area contributed by atoms with Gasteiger partial charge in [0.05, 0.1) is 7.11 Å². The molecule has 0 unspecified atom stereocenters. The second-order valence-electron chi connectivity index (χ2n) is 3.23. The Balaban J connectivity index is 2.89. The first kappa shape index (κ1) is 9.53. The van der Waals surface area contributed by atoms with Gasteiger partial charge in [-0.15, -0.1) is 0 Å². The molecule has 14 heavy (non-hydrogen) atoms. The van der Waals surface area contributed by atoms with Crippen LogP contribution in [0.25, 0.3) is 10.8 Å². The molecular formula is C12H11BrO. The zero-order valence-corrected chi connectivity index (χ0v) is 9.76. The van der Waals surface area contributed by atoms with Gasteiger partial charge in [0.15, 0.2) is 0 Å². The third-order valence-electron chi connectivity index (χ3n) is 2.42. The van der Waals surface area contributed by atoms with Crippen LogP contribution in [-0.4, -0.2) is 7.11 Å². The molecule has 0 amide bonds. The molecule has 0 heterocycles. The highest BCUT2D eigenvalue weighted by Gasteiger charge is 2.05. The molecule has 0 fully saturated rings. The van der Waals surface area contributed by atoms with Crippen molar-refractivity contribution in [1.29, 1.82) is 0 Å². The lowest BCUT2D eigenvalue weighted by molar-refractivity contribution is 0.419. The van der Waals surface area contributed by atoms with Gasteiger partial charge in [-0.05, 0) is 30.0 Å². The summed E-state index contributed by atoms with van der Waals surface area (Å²) in [6.07, 6.45) is 0. The number of methoxy groups -OCH3 is 1. The summed E-state index contributed by atoms with van der Waals surface area (Å²) in [7, 11) is 1.70. The molecule has 0 aliphatic rings. The molecule has 0 bridgehead atoms. The van der Waals surface area contributed by atoms with Crippen molar-refractivity contribution in [3.63, 3.8) is 0 Å². The smallest absolute Gasteiger partial charge is 0.126 e. The molecule has 0 N–H and O–H groups in total. The van der Waals surface area contributed by atoms with Crippen molar-refractivity contribution >= 4 is 26.7 Å². The van der Waals surface area contributed by atoms with Crippen LogP contribution in [0.15, 0.2) is 34.8 Å². The Bertz CT molecular complexity index is 477. The Hall–Kier alpha value is -1.02. The van der Waals surface area contributed by atoms with Gasteiger partial charge in [-0.3, -0.25) is 0 Å². The van der Waals surface area contributed by atoms with Crippen LogP contribution >= 0.6 is 15.9 Å². The number of rotatable bonds is 1. The summed E-state index contributed by atoms with van der Waals surface area (Å²) in [5.41, 5.74) is 1.22. The number of halogens is 1. The van der Waals surface area contributed by atoms with Crippen molar-refractivity contribution < 1.29 is 4.74 Å². The van der Waals surface area contributed by atoms with E-state index >= 15 is 0 Å². The van der Waals surface area contributed by atoms with Crippen LogP contribution in [0, 0.1) is 6.92 Å². The minimum atomic E-state index is 0.932. The van der Waals surface area contributed by atoms with E-state index in [-0.39, 0.29) is 0 Å². The number of ether oxygens (including phenoxy) is 1. The quantitative estimate of drug-likeness (QED) is 0.746. The first-order valence-electron chi connectivity index (χ1n) is 4.46. The second-order valence-corrected chi connectivity index (χ2v) is 4.09. The van der Waals surface area contributed by atoms with Crippen molar-refractivity contribution in [2.45, 2.75) is 6.92 Å². The lowest BCUT2D eigenvalue weighted by atomic mass is 10.0. The van der Waals surface area contributed by atoms with Crippen LogP contribution in [-0.2, 0) is 0 Å². The lowest BCUT2D eigenvalue weighted by Gasteiger charge is -2.09. The van der Waals surface area contributed by atoms with E-state index in [1.807, 2.05) is 12.1 Å². The van der Waals surface area contributed by atoms with Crippen molar-refractivity contribution in [3.05, 3.63) is 40.4 Å². The van der Waals surface area contributed by atoms with Gasteiger partial charge in [0.1, 0.15) is 5.75 Å². The standard InChI is InChI=1S/C12H11BrO/c1-8-10(13)7-6-9-4-3-5-11(14-2)12(8)9/h3-7H,1-2H3. The van der Waals surface area contributed by atoms with Crippen LogP contribution < -0.4 is 4.74 Å². The van der Waals surface area contributed by atoms with Crippen molar-refractivity contribution in [2.24, 2.45) is 0 Å². The fraction of sp³-hybridized carbons (Fsp3) is 0.167. The third kappa shape index (κ3) is 1.40. The molecule has 2 aromatic carbocycles. The summed E-state index contributed by atoms with van der Waals surface area (Å²) in [5.74, 6) is 0.932. The van der Waals surface area contributed by atoms with Crippen molar-refractivity contribution in [1.82, 2.24) is 0 Å². The van der Waals surface area contributed by atoms with Crippen LogP contribution in [0.2, 0.25) is 0 Å². The summed E-state index contributed by atoms with van der Waals surface area (Å²) in [4.78, 5) is 0. The topological polar surface area (TPSA) is 9.23 Å².